The molecule has 80 valence electrons. The van der Waals surface area contributed by atoms with Crippen molar-refractivity contribution in [3.8, 4) is 11.3 Å². The van der Waals surface area contributed by atoms with Crippen molar-refractivity contribution in [2.24, 2.45) is 0 Å². The third-order valence-corrected chi connectivity index (χ3v) is 2.85. The van der Waals surface area contributed by atoms with Gasteiger partial charge in [0.2, 0.25) is 0 Å². The Bertz CT molecular complexity index is 507. The van der Waals surface area contributed by atoms with E-state index in [4.69, 9.17) is 0 Å². The fraction of sp³-hybridized carbons (Fsp3) is 0.231. The van der Waals surface area contributed by atoms with E-state index in [-0.39, 0.29) is 5.82 Å². The molecule has 3 rings (SSSR count). The van der Waals surface area contributed by atoms with Crippen LogP contribution >= 0.6 is 0 Å². The zero-order valence-electron chi connectivity index (χ0n) is 8.73. The summed E-state index contributed by atoms with van der Waals surface area (Å²) in [6.45, 7) is 0. The second-order valence-electron chi connectivity index (χ2n) is 4.14. The SMILES string of the molecule is Fc1cc(-c2ccncn2)cc(C2CC2)c1. The molecule has 16 heavy (non-hydrogen) atoms. The van der Waals surface area contributed by atoms with E-state index < -0.39 is 0 Å². The van der Waals surface area contributed by atoms with Gasteiger partial charge in [0.1, 0.15) is 12.1 Å². The third kappa shape index (κ3) is 1.81. The maximum absolute atomic E-state index is 13.5. The Morgan fingerprint density at radius 1 is 1.19 bits per heavy atom. The molecule has 0 atom stereocenters. The molecule has 1 fully saturated rings. The van der Waals surface area contributed by atoms with Gasteiger partial charge in [-0.15, -0.1) is 0 Å². The van der Waals surface area contributed by atoms with E-state index in [9.17, 15) is 4.39 Å². The van der Waals surface area contributed by atoms with Gasteiger partial charge in [0.05, 0.1) is 5.69 Å². The molecule has 0 spiro atoms. The molecule has 2 nitrogen and oxygen atoms in total. The van der Waals surface area contributed by atoms with E-state index in [1.54, 1.807) is 18.3 Å². The number of benzene rings is 1. The van der Waals surface area contributed by atoms with Crippen LogP contribution in [0.15, 0.2) is 36.8 Å². The Morgan fingerprint density at radius 3 is 2.75 bits per heavy atom. The van der Waals surface area contributed by atoms with Crippen molar-refractivity contribution < 1.29 is 4.39 Å². The van der Waals surface area contributed by atoms with Gasteiger partial charge in [0.25, 0.3) is 0 Å². The van der Waals surface area contributed by atoms with Gasteiger partial charge >= 0.3 is 0 Å². The van der Waals surface area contributed by atoms with Gasteiger partial charge in [-0.2, -0.15) is 0 Å². The second-order valence-corrected chi connectivity index (χ2v) is 4.14. The van der Waals surface area contributed by atoms with Gasteiger partial charge in [-0.3, -0.25) is 0 Å². The molecular formula is C13H11FN2. The fourth-order valence-corrected chi connectivity index (χ4v) is 1.87. The van der Waals surface area contributed by atoms with Crippen LogP contribution in [0.4, 0.5) is 4.39 Å². The summed E-state index contributed by atoms with van der Waals surface area (Å²) in [6, 6.07) is 6.98. The summed E-state index contributed by atoms with van der Waals surface area (Å²) >= 11 is 0. The molecule has 1 aliphatic rings. The first-order valence-electron chi connectivity index (χ1n) is 5.40. The van der Waals surface area contributed by atoms with Gasteiger partial charge in [0, 0.05) is 11.8 Å². The monoisotopic (exact) mass is 214 g/mol. The molecule has 2 aromatic rings. The maximum Gasteiger partial charge on any atom is 0.124 e. The minimum Gasteiger partial charge on any atom is -0.245 e. The van der Waals surface area contributed by atoms with E-state index in [0.29, 0.717) is 5.92 Å². The van der Waals surface area contributed by atoms with E-state index in [2.05, 4.69) is 9.97 Å². The first-order valence-corrected chi connectivity index (χ1v) is 5.40. The molecule has 1 aromatic heterocycles. The zero-order chi connectivity index (χ0) is 11.0. The molecule has 0 aliphatic heterocycles. The Morgan fingerprint density at radius 2 is 2.06 bits per heavy atom. The van der Waals surface area contributed by atoms with Crippen LogP contribution in [-0.2, 0) is 0 Å². The lowest BCUT2D eigenvalue weighted by atomic mass is 10.0. The third-order valence-electron chi connectivity index (χ3n) is 2.85. The Balaban J connectivity index is 2.06. The lowest BCUT2D eigenvalue weighted by molar-refractivity contribution is 0.626. The Hall–Kier alpha value is -1.77. The molecule has 0 amide bonds. The van der Waals surface area contributed by atoms with Gasteiger partial charge in [-0.1, -0.05) is 0 Å². The van der Waals surface area contributed by atoms with Crippen molar-refractivity contribution in [3.05, 3.63) is 48.2 Å². The summed E-state index contributed by atoms with van der Waals surface area (Å²) in [6.07, 6.45) is 5.50. The van der Waals surface area contributed by atoms with Crippen LogP contribution in [0.3, 0.4) is 0 Å². The molecule has 0 N–H and O–H groups in total. The average Bonchev–Trinajstić information content (AvgIpc) is 3.13. The van der Waals surface area contributed by atoms with Crippen molar-refractivity contribution in [3.63, 3.8) is 0 Å². The van der Waals surface area contributed by atoms with Crippen molar-refractivity contribution >= 4 is 0 Å². The summed E-state index contributed by atoms with van der Waals surface area (Å²) in [5.41, 5.74) is 2.70. The minimum atomic E-state index is -0.182. The van der Waals surface area contributed by atoms with Crippen LogP contribution in [0.2, 0.25) is 0 Å². The number of hydrogen-bond donors (Lipinski definition) is 0. The van der Waals surface area contributed by atoms with E-state index >= 15 is 0 Å². The fourth-order valence-electron chi connectivity index (χ4n) is 1.87. The highest BCUT2D eigenvalue weighted by Gasteiger charge is 2.24. The van der Waals surface area contributed by atoms with E-state index in [0.717, 1.165) is 16.8 Å². The number of hydrogen-bond acceptors (Lipinski definition) is 2. The summed E-state index contributed by atoms with van der Waals surface area (Å²) in [7, 11) is 0. The summed E-state index contributed by atoms with van der Waals surface area (Å²) in [5.74, 6) is 0.370. The highest BCUT2D eigenvalue weighted by Crippen LogP contribution is 2.41. The Kier molecular flexibility index (Phi) is 2.17. The van der Waals surface area contributed by atoms with Crippen molar-refractivity contribution in [1.82, 2.24) is 9.97 Å². The second kappa shape index (κ2) is 3.67. The topological polar surface area (TPSA) is 25.8 Å². The maximum atomic E-state index is 13.5. The Labute approximate surface area is 93.2 Å². The van der Waals surface area contributed by atoms with Crippen LogP contribution < -0.4 is 0 Å². The molecule has 3 heteroatoms. The van der Waals surface area contributed by atoms with Crippen molar-refractivity contribution in [2.45, 2.75) is 18.8 Å². The molecule has 0 unspecified atom stereocenters. The largest absolute Gasteiger partial charge is 0.245 e. The first-order chi connectivity index (χ1) is 7.83. The van der Waals surface area contributed by atoms with Crippen molar-refractivity contribution in [2.75, 3.05) is 0 Å². The number of rotatable bonds is 2. The summed E-state index contributed by atoms with van der Waals surface area (Å²) in [4.78, 5) is 7.99. The first kappa shape index (κ1) is 9.46. The highest BCUT2D eigenvalue weighted by molar-refractivity contribution is 5.60. The quantitative estimate of drug-likeness (QED) is 0.767. The van der Waals surface area contributed by atoms with E-state index in [1.807, 2.05) is 6.07 Å². The normalized spacial score (nSPS) is 15.1. The van der Waals surface area contributed by atoms with Gasteiger partial charge in [-0.05, 0) is 48.6 Å². The molecule has 1 aliphatic carbocycles. The molecular weight excluding hydrogens is 203 g/mol. The van der Waals surface area contributed by atoms with Crippen LogP contribution in [0, 0.1) is 5.82 Å². The van der Waals surface area contributed by atoms with Gasteiger partial charge in [0.15, 0.2) is 0 Å². The molecule has 1 saturated carbocycles. The molecule has 0 saturated heterocycles. The molecule has 1 aromatic carbocycles. The van der Waals surface area contributed by atoms with Crippen LogP contribution in [-0.4, -0.2) is 9.97 Å². The van der Waals surface area contributed by atoms with Gasteiger partial charge in [-0.25, -0.2) is 14.4 Å². The predicted molar refractivity (Wildman–Crippen MR) is 59.4 cm³/mol. The number of nitrogens with zero attached hydrogens (tertiary/aromatic N) is 2. The highest BCUT2D eigenvalue weighted by atomic mass is 19.1. The molecule has 1 heterocycles. The molecule has 0 bridgehead atoms. The predicted octanol–water partition coefficient (Wildman–Crippen LogP) is 3.16. The minimum absolute atomic E-state index is 0.182. The number of aromatic nitrogens is 2. The summed E-state index contributed by atoms with van der Waals surface area (Å²) < 4.78 is 13.5. The standard InChI is InChI=1S/C13H11FN2/c14-12-6-10(9-1-2-9)5-11(7-12)13-3-4-15-8-16-13/h3-9H,1-2H2. The van der Waals surface area contributed by atoms with Gasteiger partial charge < -0.3 is 0 Å². The lowest BCUT2D eigenvalue weighted by Gasteiger charge is -2.04. The van der Waals surface area contributed by atoms with Crippen molar-refractivity contribution in [1.29, 1.82) is 0 Å². The number of halogens is 1. The smallest absolute Gasteiger partial charge is 0.124 e. The lowest BCUT2D eigenvalue weighted by Crippen LogP contribution is -1.89. The average molecular weight is 214 g/mol. The molecule has 0 radical (unpaired) electrons. The van der Waals surface area contributed by atoms with E-state index in [1.165, 1.54) is 25.2 Å². The van der Waals surface area contributed by atoms with Crippen LogP contribution in [0.1, 0.15) is 24.3 Å². The zero-order valence-corrected chi connectivity index (χ0v) is 8.73. The van der Waals surface area contributed by atoms with Crippen LogP contribution in [0.25, 0.3) is 11.3 Å². The summed E-state index contributed by atoms with van der Waals surface area (Å²) in [5, 5.41) is 0. The van der Waals surface area contributed by atoms with Crippen LogP contribution in [0.5, 0.6) is 0 Å².